The maximum absolute atomic E-state index is 11.9. The van der Waals surface area contributed by atoms with Gasteiger partial charge in [-0.3, -0.25) is 4.79 Å². The van der Waals surface area contributed by atoms with Crippen molar-refractivity contribution < 1.29 is 13.2 Å². The minimum atomic E-state index is -3.67. The largest absolute Gasteiger partial charge is 0.376 e. The number of amides is 1. The number of nitrogens with one attached hydrogen (secondary N) is 1. The first-order valence-electron chi connectivity index (χ1n) is 6.61. The van der Waals surface area contributed by atoms with Gasteiger partial charge < -0.3 is 10.2 Å². The molecule has 20 heavy (non-hydrogen) atoms. The van der Waals surface area contributed by atoms with Crippen molar-refractivity contribution >= 4 is 21.6 Å². The highest BCUT2D eigenvalue weighted by molar-refractivity contribution is 7.89. The predicted octanol–water partition coefficient (Wildman–Crippen LogP) is 0.758. The first-order chi connectivity index (χ1) is 9.47. The fraction of sp³-hybridized carbons (Fsp3) is 0.462. The minimum absolute atomic E-state index is 0.0606. The lowest BCUT2D eigenvalue weighted by molar-refractivity contribution is -0.130. The zero-order valence-corrected chi connectivity index (χ0v) is 12.0. The Bertz CT molecular complexity index is 563. The quantitative estimate of drug-likeness (QED) is 0.858. The second kappa shape index (κ2) is 6.23. The van der Waals surface area contributed by atoms with E-state index in [4.69, 9.17) is 5.14 Å². The Balaban J connectivity index is 1.89. The molecule has 0 aromatic heterocycles. The normalized spacial score (nSPS) is 15.9. The molecule has 110 valence electrons. The van der Waals surface area contributed by atoms with Gasteiger partial charge in [0, 0.05) is 18.8 Å². The van der Waals surface area contributed by atoms with Crippen LogP contribution in [0.1, 0.15) is 19.3 Å². The molecule has 1 amide bonds. The van der Waals surface area contributed by atoms with Crippen LogP contribution in [0.4, 0.5) is 5.69 Å². The Hall–Kier alpha value is -1.60. The van der Waals surface area contributed by atoms with E-state index in [2.05, 4.69) is 5.32 Å². The number of rotatable bonds is 4. The minimum Gasteiger partial charge on any atom is -0.376 e. The standard InChI is InChI=1S/C13H19N3O3S/c14-20(18,19)12-6-4-11(5-7-12)15-10-13(17)16-8-2-1-3-9-16/h4-7,15H,1-3,8-10H2,(H2,14,18,19). The third-order valence-electron chi connectivity index (χ3n) is 3.34. The van der Waals surface area contributed by atoms with Crippen molar-refractivity contribution in [3.05, 3.63) is 24.3 Å². The highest BCUT2D eigenvalue weighted by atomic mass is 32.2. The van der Waals surface area contributed by atoms with Crippen LogP contribution < -0.4 is 10.5 Å². The molecule has 0 bridgehead atoms. The molecule has 2 rings (SSSR count). The van der Waals surface area contributed by atoms with Crippen LogP contribution in [0, 0.1) is 0 Å². The summed E-state index contributed by atoms with van der Waals surface area (Å²) in [4.78, 5) is 13.9. The highest BCUT2D eigenvalue weighted by Gasteiger charge is 2.15. The summed E-state index contributed by atoms with van der Waals surface area (Å²) in [5.74, 6) is 0.0697. The Labute approximate surface area is 119 Å². The van der Waals surface area contributed by atoms with E-state index in [9.17, 15) is 13.2 Å². The number of sulfonamides is 1. The van der Waals surface area contributed by atoms with Crippen molar-refractivity contribution in [2.24, 2.45) is 5.14 Å². The molecule has 7 heteroatoms. The average Bonchev–Trinajstić information content (AvgIpc) is 2.45. The van der Waals surface area contributed by atoms with E-state index in [1.807, 2.05) is 4.90 Å². The van der Waals surface area contributed by atoms with Gasteiger partial charge in [0.1, 0.15) is 0 Å². The molecule has 0 radical (unpaired) electrons. The molecular formula is C13H19N3O3S. The molecule has 1 aromatic carbocycles. The number of nitrogens with zero attached hydrogens (tertiary/aromatic N) is 1. The van der Waals surface area contributed by atoms with Crippen LogP contribution in [-0.2, 0) is 14.8 Å². The van der Waals surface area contributed by atoms with Gasteiger partial charge in [-0.15, -0.1) is 0 Å². The molecule has 0 atom stereocenters. The monoisotopic (exact) mass is 297 g/mol. The molecule has 6 nitrogen and oxygen atoms in total. The Morgan fingerprint density at radius 2 is 1.75 bits per heavy atom. The number of primary sulfonamides is 1. The fourth-order valence-corrected chi connectivity index (χ4v) is 2.71. The topological polar surface area (TPSA) is 92.5 Å². The molecular weight excluding hydrogens is 278 g/mol. The number of benzene rings is 1. The van der Waals surface area contributed by atoms with Crippen LogP contribution in [0.5, 0.6) is 0 Å². The van der Waals surface area contributed by atoms with Crippen molar-refractivity contribution in [2.45, 2.75) is 24.2 Å². The zero-order valence-electron chi connectivity index (χ0n) is 11.2. The molecule has 0 aliphatic carbocycles. The van der Waals surface area contributed by atoms with Gasteiger partial charge in [0.2, 0.25) is 15.9 Å². The molecule has 3 N–H and O–H groups in total. The van der Waals surface area contributed by atoms with Gasteiger partial charge >= 0.3 is 0 Å². The summed E-state index contributed by atoms with van der Waals surface area (Å²) in [7, 11) is -3.67. The summed E-state index contributed by atoms with van der Waals surface area (Å²) >= 11 is 0. The summed E-state index contributed by atoms with van der Waals surface area (Å²) in [6.07, 6.45) is 3.32. The van der Waals surface area contributed by atoms with E-state index in [-0.39, 0.29) is 17.3 Å². The third kappa shape index (κ3) is 3.94. The number of likely N-dealkylation sites (tertiary alicyclic amines) is 1. The zero-order chi connectivity index (χ0) is 14.6. The molecule has 0 saturated carbocycles. The molecule has 1 heterocycles. The first kappa shape index (κ1) is 14.8. The van der Waals surface area contributed by atoms with Crippen LogP contribution in [0.25, 0.3) is 0 Å². The third-order valence-corrected chi connectivity index (χ3v) is 4.26. The molecule has 1 aromatic rings. The number of carbonyl (C=O) groups excluding carboxylic acids is 1. The van der Waals surface area contributed by atoms with Crippen molar-refractivity contribution in [1.82, 2.24) is 4.90 Å². The lowest BCUT2D eigenvalue weighted by atomic mass is 10.1. The number of piperidine rings is 1. The molecule has 1 fully saturated rings. The number of hydrogen-bond acceptors (Lipinski definition) is 4. The summed E-state index contributed by atoms with van der Waals surface area (Å²) in [5.41, 5.74) is 0.697. The smallest absolute Gasteiger partial charge is 0.241 e. The van der Waals surface area contributed by atoms with Crippen molar-refractivity contribution in [1.29, 1.82) is 0 Å². The van der Waals surface area contributed by atoms with Gasteiger partial charge in [0.25, 0.3) is 0 Å². The Morgan fingerprint density at radius 3 is 2.30 bits per heavy atom. The van der Waals surface area contributed by atoms with Gasteiger partial charge in [-0.2, -0.15) is 0 Å². The van der Waals surface area contributed by atoms with E-state index in [0.717, 1.165) is 25.9 Å². The summed E-state index contributed by atoms with van der Waals surface area (Å²) in [6, 6.07) is 6.04. The number of carbonyl (C=O) groups is 1. The molecule has 0 unspecified atom stereocenters. The van der Waals surface area contributed by atoms with E-state index in [1.165, 1.54) is 18.6 Å². The molecule has 1 aliphatic rings. The van der Waals surface area contributed by atoms with Gasteiger partial charge in [0.05, 0.1) is 11.4 Å². The van der Waals surface area contributed by atoms with Gasteiger partial charge in [-0.05, 0) is 43.5 Å². The summed E-state index contributed by atoms with van der Waals surface area (Å²) in [6.45, 7) is 1.87. The van der Waals surface area contributed by atoms with E-state index < -0.39 is 10.0 Å². The number of hydrogen-bond donors (Lipinski definition) is 2. The molecule has 1 saturated heterocycles. The first-order valence-corrected chi connectivity index (χ1v) is 8.16. The lowest BCUT2D eigenvalue weighted by Gasteiger charge is -2.26. The van der Waals surface area contributed by atoms with E-state index in [1.54, 1.807) is 12.1 Å². The predicted molar refractivity (Wildman–Crippen MR) is 76.7 cm³/mol. The van der Waals surface area contributed by atoms with Crippen molar-refractivity contribution in [3.8, 4) is 0 Å². The van der Waals surface area contributed by atoms with Crippen LogP contribution >= 0.6 is 0 Å². The van der Waals surface area contributed by atoms with Crippen LogP contribution in [0.15, 0.2) is 29.2 Å². The second-order valence-corrected chi connectivity index (χ2v) is 6.43. The van der Waals surface area contributed by atoms with E-state index >= 15 is 0 Å². The second-order valence-electron chi connectivity index (χ2n) is 4.86. The molecule has 0 spiro atoms. The fourth-order valence-electron chi connectivity index (χ4n) is 2.20. The van der Waals surface area contributed by atoms with Crippen LogP contribution in [0.2, 0.25) is 0 Å². The van der Waals surface area contributed by atoms with Crippen LogP contribution in [-0.4, -0.2) is 38.9 Å². The molecule has 1 aliphatic heterocycles. The summed E-state index contributed by atoms with van der Waals surface area (Å²) in [5, 5.41) is 8.01. The maximum Gasteiger partial charge on any atom is 0.241 e. The number of nitrogens with two attached hydrogens (primary N) is 1. The Morgan fingerprint density at radius 1 is 1.15 bits per heavy atom. The van der Waals surface area contributed by atoms with Gasteiger partial charge in [-0.25, -0.2) is 13.6 Å². The van der Waals surface area contributed by atoms with Gasteiger partial charge in [0.15, 0.2) is 0 Å². The lowest BCUT2D eigenvalue weighted by Crippen LogP contribution is -2.39. The SMILES string of the molecule is NS(=O)(=O)c1ccc(NCC(=O)N2CCCCC2)cc1. The van der Waals surface area contributed by atoms with Crippen molar-refractivity contribution in [3.63, 3.8) is 0 Å². The van der Waals surface area contributed by atoms with Crippen molar-refractivity contribution in [2.75, 3.05) is 25.0 Å². The highest BCUT2D eigenvalue weighted by Crippen LogP contribution is 2.13. The Kier molecular flexibility index (Phi) is 4.61. The summed E-state index contributed by atoms with van der Waals surface area (Å²) < 4.78 is 22.2. The maximum atomic E-state index is 11.9. The number of anilines is 1. The van der Waals surface area contributed by atoms with E-state index in [0.29, 0.717) is 5.69 Å². The van der Waals surface area contributed by atoms with Gasteiger partial charge in [-0.1, -0.05) is 0 Å². The average molecular weight is 297 g/mol. The van der Waals surface area contributed by atoms with Crippen LogP contribution in [0.3, 0.4) is 0 Å².